The standard InChI is InChI=1S/C13H26N2O2/c1-10(12(16)17-13(2,3)4)14-8-9-15(5)11-6-7-11/h10-11,14H,6-9H2,1-5H3. The highest BCUT2D eigenvalue weighted by Crippen LogP contribution is 2.24. The van der Waals surface area contributed by atoms with Gasteiger partial charge in [0, 0.05) is 19.1 Å². The second-order valence-corrected chi connectivity index (χ2v) is 5.92. The fourth-order valence-electron chi connectivity index (χ4n) is 1.63. The van der Waals surface area contributed by atoms with Crippen molar-refractivity contribution in [2.75, 3.05) is 20.1 Å². The largest absolute Gasteiger partial charge is 0.459 e. The molecule has 4 heteroatoms. The molecule has 100 valence electrons. The Morgan fingerprint density at radius 2 is 2.06 bits per heavy atom. The lowest BCUT2D eigenvalue weighted by atomic mass is 10.2. The molecule has 1 saturated carbocycles. The molecule has 0 radical (unpaired) electrons. The molecule has 0 spiro atoms. The van der Waals surface area contributed by atoms with Crippen LogP contribution < -0.4 is 5.32 Å². The van der Waals surface area contributed by atoms with E-state index in [1.807, 2.05) is 27.7 Å². The van der Waals surface area contributed by atoms with Crippen LogP contribution in [0.2, 0.25) is 0 Å². The van der Waals surface area contributed by atoms with Crippen LogP contribution in [-0.2, 0) is 9.53 Å². The summed E-state index contributed by atoms with van der Waals surface area (Å²) in [5, 5.41) is 3.20. The van der Waals surface area contributed by atoms with Crippen LogP contribution in [0.1, 0.15) is 40.5 Å². The topological polar surface area (TPSA) is 41.6 Å². The zero-order chi connectivity index (χ0) is 13.1. The summed E-state index contributed by atoms with van der Waals surface area (Å²) < 4.78 is 5.30. The van der Waals surface area contributed by atoms with Crippen LogP contribution in [0.15, 0.2) is 0 Å². The van der Waals surface area contributed by atoms with Gasteiger partial charge in [-0.15, -0.1) is 0 Å². The van der Waals surface area contributed by atoms with E-state index < -0.39 is 5.60 Å². The number of ether oxygens (including phenoxy) is 1. The molecule has 0 amide bonds. The molecule has 1 aliphatic rings. The molecule has 0 aromatic heterocycles. The molecule has 1 aliphatic carbocycles. The van der Waals surface area contributed by atoms with Gasteiger partial charge < -0.3 is 15.0 Å². The quantitative estimate of drug-likeness (QED) is 0.715. The normalized spacial score (nSPS) is 18.2. The van der Waals surface area contributed by atoms with Gasteiger partial charge in [0.15, 0.2) is 0 Å². The minimum atomic E-state index is -0.405. The van der Waals surface area contributed by atoms with E-state index in [4.69, 9.17) is 4.74 Å². The first kappa shape index (κ1) is 14.5. The first-order valence-corrected chi connectivity index (χ1v) is 6.46. The van der Waals surface area contributed by atoms with Gasteiger partial charge in [0.1, 0.15) is 11.6 Å². The average molecular weight is 242 g/mol. The number of likely N-dealkylation sites (N-methyl/N-ethyl adjacent to an activating group) is 1. The summed E-state index contributed by atoms with van der Waals surface area (Å²) in [6, 6.07) is 0.537. The van der Waals surface area contributed by atoms with Crippen LogP contribution in [0.3, 0.4) is 0 Å². The van der Waals surface area contributed by atoms with Crippen molar-refractivity contribution in [3.63, 3.8) is 0 Å². The third kappa shape index (κ3) is 6.03. The van der Waals surface area contributed by atoms with E-state index in [0.717, 1.165) is 19.1 Å². The Morgan fingerprint density at radius 3 is 2.53 bits per heavy atom. The Morgan fingerprint density at radius 1 is 1.47 bits per heavy atom. The Hall–Kier alpha value is -0.610. The van der Waals surface area contributed by atoms with E-state index in [1.165, 1.54) is 12.8 Å². The number of rotatable bonds is 6. The summed E-state index contributed by atoms with van der Waals surface area (Å²) >= 11 is 0. The van der Waals surface area contributed by atoms with E-state index in [2.05, 4.69) is 17.3 Å². The number of nitrogens with one attached hydrogen (secondary N) is 1. The maximum absolute atomic E-state index is 11.7. The molecule has 1 N–H and O–H groups in total. The SMILES string of the molecule is CC(NCCN(C)C1CC1)C(=O)OC(C)(C)C. The van der Waals surface area contributed by atoms with Crippen molar-refractivity contribution in [2.45, 2.75) is 58.2 Å². The molecule has 1 atom stereocenters. The van der Waals surface area contributed by atoms with Crippen LogP contribution in [0.4, 0.5) is 0 Å². The predicted octanol–water partition coefficient (Wildman–Crippen LogP) is 1.40. The maximum Gasteiger partial charge on any atom is 0.323 e. The molecule has 0 aromatic carbocycles. The van der Waals surface area contributed by atoms with Crippen LogP contribution >= 0.6 is 0 Å². The first-order valence-electron chi connectivity index (χ1n) is 6.46. The molecule has 1 fully saturated rings. The lowest BCUT2D eigenvalue weighted by Gasteiger charge is -2.23. The van der Waals surface area contributed by atoms with Gasteiger partial charge in [-0.2, -0.15) is 0 Å². The van der Waals surface area contributed by atoms with E-state index in [1.54, 1.807) is 0 Å². The summed E-state index contributed by atoms with van der Waals surface area (Å²) in [7, 11) is 2.14. The molecule has 0 aliphatic heterocycles. The van der Waals surface area contributed by atoms with Gasteiger partial charge in [-0.05, 0) is 47.6 Å². The summed E-state index contributed by atoms with van der Waals surface area (Å²) in [5.41, 5.74) is -0.405. The van der Waals surface area contributed by atoms with E-state index >= 15 is 0 Å². The first-order chi connectivity index (χ1) is 7.79. The summed E-state index contributed by atoms with van der Waals surface area (Å²) in [6.45, 7) is 9.33. The second kappa shape index (κ2) is 5.83. The van der Waals surface area contributed by atoms with E-state index in [0.29, 0.717) is 0 Å². The van der Waals surface area contributed by atoms with E-state index in [9.17, 15) is 4.79 Å². The lowest BCUT2D eigenvalue weighted by Crippen LogP contribution is -2.42. The third-order valence-corrected chi connectivity index (χ3v) is 2.85. The predicted molar refractivity (Wildman–Crippen MR) is 69.0 cm³/mol. The van der Waals surface area contributed by atoms with Crippen LogP contribution in [-0.4, -0.2) is 48.7 Å². The number of esters is 1. The maximum atomic E-state index is 11.7. The molecule has 4 nitrogen and oxygen atoms in total. The monoisotopic (exact) mass is 242 g/mol. The van der Waals surface area contributed by atoms with Crippen LogP contribution in [0.5, 0.6) is 0 Å². The molecule has 1 rings (SSSR count). The zero-order valence-corrected chi connectivity index (χ0v) is 11.7. The van der Waals surface area contributed by atoms with Gasteiger partial charge in [-0.25, -0.2) is 0 Å². The van der Waals surface area contributed by atoms with Gasteiger partial charge in [0.2, 0.25) is 0 Å². The van der Waals surface area contributed by atoms with Crippen molar-refractivity contribution in [3.05, 3.63) is 0 Å². The highest BCUT2D eigenvalue weighted by atomic mass is 16.6. The van der Waals surface area contributed by atoms with Crippen molar-refractivity contribution in [3.8, 4) is 0 Å². The molecular formula is C13H26N2O2. The van der Waals surface area contributed by atoms with Crippen molar-refractivity contribution in [1.29, 1.82) is 0 Å². The molecule has 0 bridgehead atoms. The second-order valence-electron chi connectivity index (χ2n) is 5.92. The van der Waals surface area contributed by atoms with Gasteiger partial charge in [-0.1, -0.05) is 0 Å². The van der Waals surface area contributed by atoms with Gasteiger partial charge >= 0.3 is 5.97 Å². The van der Waals surface area contributed by atoms with Gasteiger partial charge in [0.05, 0.1) is 0 Å². The van der Waals surface area contributed by atoms with Crippen molar-refractivity contribution >= 4 is 5.97 Å². The fraction of sp³-hybridized carbons (Fsp3) is 0.923. The van der Waals surface area contributed by atoms with Crippen LogP contribution in [0.25, 0.3) is 0 Å². The Bertz CT molecular complexity index is 257. The van der Waals surface area contributed by atoms with E-state index in [-0.39, 0.29) is 12.0 Å². The molecular weight excluding hydrogens is 216 g/mol. The molecule has 0 heterocycles. The zero-order valence-electron chi connectivity index (χ0n) is 11.7. The Labute approximate surface area is 105 Å². The number of carbonyl (C=O) groups excluding carboxylic acids is 1. The Kier molecular flexibility index (Phi) is 4.95. The number of hydrogen-bond acceptors (Lipinski definition) is 4. The molecule has 17 heavy (non-hydrogen) atoms. The van der Waals surface area contributed by atoms with Gasteiger partial charge in [-0.3, -0.25) is 4.79 Å². The third-order valence-electron chi connectivity index (χ3n) is 2.85. The smallest absolute Gasteiger partial charge is 0.323 e. The van der Waals surface area contributed by atoms with Crippen molar-refractivity contribution in [2.24, 2.45) is 0 Å². The minimum Gasteiger partial charge on any atom is -0.459 e. The fourth-order valence-corrected chi connectivity index (χ4v) is 1.63. The van der Waals surface area contributed by atoms with Crippen LogP contribution in [0, 0.1) is 0 Å². The van der Waals surface area contributed by atoms with Crippen molar-refractivity contribution < 1.29 is 9.53 Å². The lowest BCUT2D eigenvalue weighted by molar-refractivity contribution is -0.156. The number of carbonyl (C=O) groups is 1. The average Bonchev–Trinajstić information content (AvgIpc) is 2.97. The Balaban J connectivity index is 2.15. The minimum absolute atomic E-state index is 0.174. The summed E-state index contributed by atoms with van der Waals surface area (Å²) in [5.74, 6) is -0.174. The molecule has 1 unspecified atom stereocenters. The summed E-state index contributed by atoms with van der Waals surface area (Å²) in [4.78, 5) is 14.0. The van der Waals surface area contributed by atoms with Gasteiger partial charge in [0.25, 0.3) is 0 Å². The summed E-state index contributed by atoms with van der Waals surface area (Å²) in [6.07, 6.45) is 2.64. The van der Waals surface area contributed by atoms with Crippen molar-refractivity contribution in [1.82, 2.24) is 10.2 Å². The highest BCUT2D eigenvalue weighted by molar-refractivity contribution is 5.75. The number of nitrogens with zero attached hydrogens (tertiary/aromatic N) is 1. The molecule has 0 aromatic rings. The molecule has 0 saturated heterocycles. The number of hydrogen-bond donors (Lipinski definition) is 1. The highest BCUT2D eigenvalue weighted by Gasteiger charge is 2.26.